The Morgan fingerprint density at radius 3 is 2.82 bits per heavy atom. The van der Waals surface area contributed by atoms with Gasteiger partial charge in [0.05, 0.1) is 11.3 Å². The fraction of sp³-hybridized carbons (Fsp3) is 0.167. The van der Waals surface area contributed by atoms with E-state index in [9.17, 15) is 14.5 Å². The minimum Gasteiger partial charge on any atom is -0.483 e. The molecule has 9 nitrogen and oxygen atoms in total. The molecule has 2 N–H and O–H groups in total. The first-order chi connectivity index (χ1) is 10.6. The van der Waals surface area contributed by atoms with E-state index in [-0.39, 0.29) is 5.75 Å². The lowest BCUT2D eigenvalue weighted by atomic mass is 10.2. The third-order valence-corrected chi connectivity index (χ3v) is 3.24. The monoisotopic (exact) mass is 322 g/mol. The molecule has 0 fully saturated rings. The number of nitroso groups, excluding NO2 is 1. The van der Waals surface area contributed by atoms with Crippen LogP contribution in [0, 0.1) is 4.91 Å². The fourth-order valence-electron chi connectivity index (χ4n) is 1.52. The SMILES string of the molecule is O=NC(=O)COc1ccccc1-c1nnc(SCC(=O)O)[nH]1. The highest BCUT2D eigenvalue weighted by atomic mass is 32.2. The van der Waals surface area contributed by atoms with Crippen LogP contribution in [0.3, 0.4) is 0 Å². The number of amides is 1. The Hall–Kier alpha value is -2.75. The number of carboxylic acids is 1. The van der Waals surface area contributed by atoms with Gasteiger partial charge in [-0.05, 0) is 12.1 Å². The minimum atomic E-state index is -0.966. The lowest BCUT2D eigenvalue weighted by Gasteiger charge is -2.07. The Labute approximate surface area is 128 Å². The fourth-order valence-corrected chi connectivity index (χ4v) is 2.04. The molecule has 0 unspecified atom stereocenters. The largest absolute Gasteiger partial charge is 0.483 e. The van der Waals surface area contributed by atoms with E-state index in [1.54, 1.807) is 24.3 Å². The Balaban J connectivity index is 2.16. The molecule has 2 aromatic rings. The van der Waals surface area contributed by atoms with Crippen LogP contribution < -0.4 is 4.74 Å². The summed E-state index contributed by atoms with van der Waals surface area (Å²) in [6.45, 7) is -0.477. The summed E-state index contributed by atoms with van der Waals surface area (Å²) >= 11 is 0.992. The van der Waals surface area contributed by atoms with Crippen molar-refractivity contribution < 1.29 is 19.4 Å². The van der Waals surface area contributed by atoms with Gasteiger partial charge in [-0.1, -0.05) is 23.9 Å². The number of nitrogens with one attached hydrogen (secondary N) is 1. The lowest BCUT2D eigenvalue weighted by molar-refractivity contribution is -0.133. The summed E-state index contributed by atoms with van der Waals surface area (Å²) < 4.78 is 5.22. The van der Waals surface area contributed by atoms with Crippen molar-refractivity contribution in [1.29, 1.82) is 0 Å². The molecule has 10 heteroatoms. The standard InChI is InChI=1S/C12H10N4O5S/c17-9(16-20)5-21-8-4-2-1-3-7(8)11-13-12(15-14-11)22-6-10(18)19/h1-4H,5-6H2,(H,18,19)(H,13,14,15). The van der Waals surface area contributed by atoms with Gasteiger partial charge < -0.3 is 14.8 Å². The molecule has 1 heterocycles. The number of hydrogen-bond acceptors (Lipinski definition) is 7. The van der Waals surface area contributed by atoms with Crippen LogP contribution in [0.5, 0.6) is 5.75 Å². The summed E-state index contributed by atoms with van der Waals surface area (Å²) in [5.74, 6) is -1.36. The second kappa shape index (κ2) is 7.31. The van der Waals surface area contributed by atoms with E-state index in [2.05, 4.69) is 20.4 Å². The predicted molar refractivity (Wildman–Crippen MR) is 76.5 cm³/mol. The van der Waals surface area contributed by atoms with E-state index in [1.165, 1.54) is 0 Å². The number of para-hydroxylation sites is 1. The summed E-state index contributed by atoms with van der Waals surface area (Å²) in [7, 11) is 0. The molecule has 22 heavy (non-hydrogen) atoms. The topological polar surface area (TPSA) is 135 Å². The second-order valence-electron chi connectivity index (χ2n) is 3.93. The van der Waals surface area contributed by atoms with Crippen LogP contribution in [0.15, 0.2) is 34.6 Å². The average molecular weight is 322 g/mol. The number of H-pyrrole nitrogens is 1. The van der Waals surface area contributed by atoms with Gasteiger partial charge >= 0.3 is 11.9 Å². The van der Waals surface area contributed by atoms with E-state index in [4.69, 9.17) is 9.84 Å². The van der Waals surface area contributed by atoms with Crippen molar-refractivity contribution in [2.75, 3.05) is 12.4 Å². The van der Waals surface area contributed by atoms with Gasteiger partial charge in [-0.15, -0.1) is 15.1 Å². The first-order valence-electron chi connectivity index (χ1n) is 5.96. The van der Waals surface area contributed by atoms with E-state index in [1.807, 2.05) is 0 Å². The number of aromatic nitrogens is 3. The quantitative estimate of drug-likeness (QED) is 0.575. The molecule has 0 bridgehead atoms. The van der Waals surface area contributed by atoms with E-state index in [0.29, 0.717) is 22.3 Å². The lowest BCUT2D eigenvalue weighted by Crippen LogP contribution is -2.08. The predicted octanol–water partition coefficient (Wildman–Crippen LogP) is 1.32. The molecule has 0 spiro atoms. The Morgan fingerprint density at radius 2 is 2.09 bits per heavy atom. The molecule has 2 rings (SSSR count). The van der Waals surface area contributed by atoms with Gasteiger partial charge in [-0.2, -0.15) is 0 Å². The van der Waals surface area contributed by atoms with Crippen LogP contribution in [0.2, 0.25) is 0 Å². The first kappa shape index (κ1) is 15.6. The van der Waals surface area contributed by atoms with E-state index >= 15 is 0 Å². The number of carbonyl (C=O) groups is 2. The van der Waals surface area contributed by atoms with Crippen LogP contribution in [0.25, 0.3) is 11.4 Å². The number of aromatic amines is 1. The maximum absolute atomic E-state index is 10.9. The van der Waals surface area contributed by atoms with Gasteiger partial charge in [0.25, 0.3) is 0 Å². The molecule has 1 aromatic heterocycles. The number of carbonyl (C=O) groups excluding carboxylic acids is 1. The highest BCUT2D eigenvalue weighted by Gasteiger charge is 2.13. The van der Waals surface area contributed by atoms with Crippen molar-refractivity contribution >= 4 is 23.6 Å². The third-order valence-electron chi connectivity index (χ3n) is 2.39. The number of rotatable bonds is 7. The van der Waals surface area contributed by atoms with E-state index < -0.39 is 18.5 Å². The van der Waals surface area contributed by atoms with Crippen molar-refractivity contribution in [2.45, 2.75) is 5.16 Å². The molecule has 1 aromatic carbocycles. The molecule has 0 aliphatic carbocycles. The number of thioether (sulfide) groups is 1. The number of carboxylic acid groups (broad SMARTS) is 1. The normalized spacial score (nSPS) is 10.2. The van der Waals surface area contributed by atoms with Crippen LogP contribution in [0.1, 0.15) is 0 Å². The van der Waals surface area contributed by atoms with Crippen LogP contribution >= 0.6 is 11.8 Å². The van der Waals surface area contributed by atoms with Crippen molar-refractivity contribution in [2.24, 2.45) is 5.18 Å². The number of aliphatic carboxylic acids is 1. The zero-order valence-electron chi connectivity index (χ0n) is 11.1. The van der Waals surface area contributed by atoms with Gasteiger partial charge in [0.1, 0.15) is 5.75 Å². The van der Waals surface area contributed by atoms with Crippen LogP contribution in [-0.4, -0.2) is 44.5 Å². The summed E-state index contributed by atoms with van der Waals surface area (Å²) in [6.07, 6.45) is 0. The zero-order chi connectivity index (χ0) is 15.9. The zero-order valence-corrected chi connectivity index (χ0v) is 11.9. The summed E-state index contributed by atoms with van der Waals surface area (Å²) in [6, 6.07) is 6.70. The second-order valence-corrected chi connectivity index (χ2v) is 4.90. The maximum Gasteiger partial charge on any atom is 0.323 e. The molecule has 0 saturated heterocycles. The summed E-state index contributed by atoms with van der Waals surface area (Å²) in [5.41, 5.74) is 0.524. The molecule has 1 amide bonds. The molecule has 0 aliphatic heterocycles. The van der Waals surface area contributed by atoms with Gasteiger partial charge in [0.15, 0.2) is 17.6 Å². The van der Waals surface area contributed by atoms with Gasteiger partial charge in [-0.25, -0.2) is 0 Å². The Bertz CT molecular complexity index is 702. The molecule has 0 aliphatic rings. The molecular formula is C12H10N4O5S. The summed E-state index contributed by atoms with van der Waals surface area (Å²) in [5, 5.41) is 18.9. The number of nitrogens with zero attached hydrogens (tertiary/aromatic N) is 3. The minimum absolute atomic E-state index is 0.147. The number of benzene rings is 1. The third kappa shape index (κ3) is 4.12. The highest BCUT2D eigenvalue weighted by molar-refractivity contribution is 7.99. The highest BCUT2D eigenvalue weighted by Crippen LogP contribution is 2.28. The van der Waals surface area contributed by atoms with Crippen LogP contribution in [0.4, 0.5) is 0 Å². The average Bonchev–Trinajstić information content (AvgIpc) is 2.99. The van der Waals surface area contributed by atoms with Crippen molar-refractivity contribution in [1.82, 2.24) is 15.2 Å². The maximum atomic E-state index is 10.9. The Kier molecular flexibility index (Phi) is 5.20. The van der Waals surface area contributed by atoms with E-state index in [0.717, 1.165) is 11.8 Å². The molecule has 114 valence electrons. The first-order valence-corrected chi connectivity index (χ1v) is 6.94. The van der Waals surface area contributed by atoms with Crippen molar-refractivity contribution in [3.8, 4) is 17.1 Å². The number of hydrogen-bond donors (Lipinski definition) is 2. The van der Waals surface area contributed by atoms with Crippen molar-refractivity contribution in [3.63, 3.8) is 0 Å². The van der Waals surface area contributed by atoms with Crippen LogP contribution in [-0.2, 0) is 9.59 Å². The molecular weight excluding hydrogens is 312 g/mol. The van der Waals surface area contributed by atoms with Gasteiger partial charge in [0.2, 0.25) is 0 Å². The van der Waals surface area contributed by atoms with Gasteiger partial charge in [0, 0.05) is 5.18 Å². The Morgan fingerprint density at radius 1 is 1.32 bits per heavy atom. The molecule has 0 radical (unpaired) electrons. The summed E-state index contributed by atoms with van der Waals surface area (Å²) in [4.78, 5) is 34.3. The smallest absolute Gasteiger partial charge is 0.323 e. The van der Waals surface area contributed by atoms with Gasteiger partial charge in [-0.3, -0.25) is 9.59 Å². The molecule has 0 saturated carbocycles. The number of ether oxygens (including phenoxy) is 1. The molecule has 0 atom stereocenters. The van der Waals surface area contributed by atoms with Crippen molar-refractivity contribution in [3.05, 3.63) is 29.2 Å².